The van der Waals surface area contributed by atoms with E-state index in [0.29, 0.717) is 11.3 Å². The summed E-state index contributed by atoms with van der Waals surface area (Å²) in [4.78, 5) is 25.5. The normalized spacial score (nSPS) is 10.1. The number of amides is 2. The van der Waals surface area contributed by atoms with E-state index >= 15 is 0 Å². The van der Waals surface area contributed by atoms with Crippen LogP contribution >= 0.6 is 12.2 Å². The van der Waals surface area contributed by atoms with Crippen LogP contribution in [-0.2, 0) is 4.79 Å². The van der Waals surface area contributed by atoms with E-state index < -0.39 is 0 Å². The second-order valence-electron chi connectivity index (χ2n) is 6.48. The Balaban J connectivity index is 1.63. The van der Waals surface area contributed by atoms with Crippen LogP contribution in [0, 0.1) is 0 Å². The number of nitrogens with zero attached hydrogens (tertiary/aromatic N) is 1. The van der Waals surface area contributed by atoms with Crippen LogP contribution in [0.5, 0.6) is 0 Å². The molecule has 0 atom stereocenters. The summed E-state index contributed by atoms with van der Waals surface area (Å²) in [5, 5.41) is 5.84. The molecule has 2 N–H and O–H groups in total. The van der Waals surface area contributed by atoms with Crippen LogP contribution in [0.3, 0.4) is 0 Å². The van der Waals surface area contributed by atoms with E-state index in [9.17, 15) is 9.59 Å². The topological polar surface area (TPSA) is 61.4 Å². The molecule has 0 saturated heterocycles. The summed E-state index contributed by atoms with van der Waals surface area (Å²) in [6.07, 6.45) is 0. The number of thiocarbonyl (C=S) groups is 1. The Hall–Kier alpha value is -3.51. The lowest BCUT2D eigenvalue weighted by atomic mass is 10.0. The van der Waals surface area contributed by atoms with E-state index in [1.165, 1.54) is 11.8 Å². The quantitative estimate of drug-likeness (QED) is 0.632. The van der Waals surface area contributed by atoms with Crippen LogP contribution < -0.4 is 15.5 Å². The number of hydrogen-bond donors (Lipinski definition) is 2. The van der Waals surface area contributed by atoms with Crippen molar-refractivity contribution < 1.29 is 9.59 Å². The van der Waals surface area contributed by atoms with Crippen LogP contribution in [0.15, 0.2) is 78.9 Å². The lowest BCUT2D eigenvalue weighted by Gasteiger charge is -2.16. The van der Waals surface area contributed by atoms with Crippen molar-refractivity contribution in [3.05, 3.63) is 84.4 Å². The predicted octanol–water partition coefficient (Wildman–Crippen LogP) is 4.46. The molecule has 0 unspecified atom stereocenters. The van der Waals surface area contributed by atoms with Crippen LogP contribution in [-0.4, -0.2) is 24.0 Å². The SMILES string of the molecule is CC(=O)N(C)c1cccc(NC(=S)NC(=O)c2ccc(-c3ccccc3)cc2)c1. The molecule has 0 aliphatic rings. The van der Waals surface area contributed by atoms with Crippen molar-refractivity contribution in [3.8, 4) is 11.1 Å². The van der Waals surface area contributed by atoms with Crippen LogP contribution in [0.2, 0.25) is 0 Å². The summed E-state index contributed by atoms with van der Waals surface area (Å²) in [6.45, 7) is 1.49. The van der Waals surface area contributed by atoms with Gasteiger partial charge in [-0.1, -0.05) is 48.5 Å². The van der Waals surface area contributed by atoms with E-state index in [0.717, 1.165) is 16.8 Å². The fourth-order valence-electron chi connectivity index (χ4n) is 2.76. The van der Waals surface area contributed by atoms with Gasteiger partial charge < -0.3 is 10.2 Å². The fraction of sp³-hybridized carbons (Fsp3) is 0.0870. The zero-order valence-electron chi connectivity index (χ0n) is 16.2. The third-order valence-corrected chi connectivity index (χ3v) is 4.65. The molecule has 0 saturated carbocycles. The Morgan fingerprint density at radius 3 is 2.17 bits per heavy atom. The molecule has 3 rings (SSSR count). The van der Waals surface area contributed by atoms with Gasteiger partial charge in [0.05, 0.1) is 0 Å². The number of benzene rings is 3. The largest absolute Gasteiger partial charge is 0.332 e. The third-order valence-electron chi connectivity index (χ3n) is 4.44. The van der Waals surface area contributed by atoms with Crippen molar-refractivity contribution in [1.82, 2.24) is 5.32 Å². The van der Waals surface area contributed by atoms with Crippen molar-refractivity contribution >= 4 is 40.5 Å². The van der Waals surface area contributed by atoms with Gasteiger partial charge in [-0.3, -0.25) is 14.9 Å². The molecule has 0 radical (unpaired) electrons. The Labute approximate surface area is 175 Å². The first kappa shape index (κ1) is 20.2. The van der Waals surface area contributed by atoms with Gasteiger partial charge in [-0.05, 0) is 53.7 Å². The fourth-order valence-corrected chi connectivity index (χ4v) is 2.97. The summed E-state index contributed by atoms with van der Waals surface area (Å²) in [7, 11) is 1.70. The van der Waals surface area contributed by atoms with Gasteiger partial charge in [0.2, 0.25) is 5.91 Å². The van der Waals surface area contributed by atoms with E-state index in [1.807, 2.05) is 60.7 Å². The molecular formula is C23H21N3O2S. The zero-order valence-corrected chi connectivity index (χ0v) is 17.0. The van der Waals surface area contributed by atoms with Crippen molar-refractivity contribution in [2.24, 2.45) is 0 Å². The Morgan fingerprint density at radius 1 is 0.862 bits per heavy atom. The number of carbonyl (C=O) groups excluding carboxylic acids is 2. The highest BCUT2D eigenvalue weighted by molar-refractivity contribution is 7.80. The number of nitrogens with one attached hydrogen (secondary N) is 2. The average molecular weight is 404 g/mol. The highest BCUT2D eigenvalue weighted by atomic mass is 32.1. The number of hydrogen-bond acceptors (Lipinski definition) is 3. The Morgan fingerprint density at radius 2 is 1.52 bits per heavy atom. The minimum absolute atomic E-state index is 0.0722. The summed E-state index contributed by atoms with van der Waals surface area (Å²) < 4.78 is 0. The predicted molar refractivity (Wildman–Crippen MR) is 121 cm³/mol. The molecule has 0 bridgehead atoms. The van der Waals surface area contributed by atoms with Crippen molar-refractivity contribution in [2.75, 3.05) is 17.3 Å². The van der Waals surface area contributed by atoms with Gasteiger partial charge in [0.25, 0.3) is 5.91 Å². The Bertz CT molecular complexity index is 1030. The number of rotatable bonds is 4. The lowest BCUT2D eigenvalue weighted by molar-refractivity contribution is -0.116. The molecule has 5 nitrogen and oxygen atoms in total. The number of carbonyl (C=O) groups is 2. The molecule has 6 heteroatoms. The second kappa shape index (κ2) is 9.12. The van der Waals surface area contributed by atoms with Crippen LogP contribution in [0.1, 0.15) is 17.3 Å². The van der Waals surface area contributed by atoms with Gasteiger partial charge in [-0.2, -0.15) is 0 Å². The summed E-state index contributed by atoms with van der Waals surface area (Å²) in [6, 6.07) is 24.5. The molecule has 3 aromatic carbocycles. The molecule has 29 heavy (non-hydrogen) atoms. The second-order valence-corrected chi connectivity index (χ2v) is 6.89. The minimum atomic E-state index is -0.292. The van der Waals surface area contributed by atoms with Gasteiger partial charge in [-0.25, -0.2) is 0 Å². The van der Waals surface area contributed by atoms with Crippen molar-refractivity contribution in [3.63, 3.8) is 0 Å². The molecule has 0 fully saturated rings. The molecule has 146 valence electrons. The molecule has 2 amide bonds. The molecule has 0 aliphatic heterocycles. The first-order chi connectivity index (χ1) is 13.9. The van der Waals surface area contributed by atoms with E-state index in [2.05, 4.69) is 10.6 Å². The zero-order chi connectivity index (χ0) is 20.8. The molecule has 0 spiro atoms. The van der Waals surface area contributed by atoms with E-state index in [4.69, 9.17) is 12.2 Å². The van der Waals surface area contributed by atoms with Crippen molar-refractivity contribution in [2.45, 2.75) is 6.92 Å². The van der Waals surface area contributed by atoms with Gasteiger partial charge >= 0.3 is 0 Å². The maximum Gasteiger partial charge on any atom is 0.257 e. The molecular weight excluding hydrogens is 382 g/mol. The van der Waals surface area contributed by atoms with Gasteiger partial charge in [0.15, 0.2) is 5.11 Å². The first-order valence-electron chi connectivity index (χ1n) is 9.06. The maximum atomic E-state index is 12.5. The third kappa shape index (κ3) is 5.27. The highest BCUT2D eigenvalue weighted by Crippen LogP contribution is 2.20. The van der Waals surface area contributed by atoms with Gasteiger partial charge in [0.1, 0.15) is 0 Å². The first-order valence-corrected chi connectivity index (χ1v) is 9.47. The molecule has 0 aliphatic carbocycles. The standard InChI is InChI=1S/C23H21N3O2S/c1-16(27)26(2)21-10-6-9-20(15-21)24-23(29)25-22(28)19-13-11-18(12-14-19)17-7-4-3-5-8-17/h3-15H,1-2H3,(H2,24,25,28,29). The van der Waals surface area contributed by atoms with Crippen LogP contribution in [0.4, 0.5) is 11.4 Å². The highest BCUT2D eigenvalue weighted by Gasteiger charge is 2.10. The monoisotopic (exact) mass is 403 g/mol. The molecule has 0 heterocycles. The Kier molecular flexibility index (Phi) is 6.36. The van der Waals surface area contributed by atoms with Gasteiger partial charge in [-0.15, -0.1) is 0 Å². The average Bonchev–Trinajstić information content (AvgIpc) is 2.74. The van der Waals surface area contributed by atoms with E-state index in [-0.39, 0.29) is 16.9 Å². The number of anilines is 2. The maximum absolute atomic E-state index is 12.5. The van der Waals surface area contributed by atoms with Crippen LogP contribution in [0.25, 0.3) is 11.1 Å². The van der Waals surface area contributed by atoms with Crippen molar-refractivity contribution in [1.29, 1.82) is 0 Å². The van der Waals surface area contributed by atoms with Gasteiger partial charge in [0, 0.05) is 30.9 Å². The van der Waals surface area contributed by atoms with E-state index in [1.54, 1.807) is 25.2 Å². The minimum Gasteiger partial charge on any atom is -0.332 e. The summed E-state index contributed by atoms with van der Waals surface area (Å²) >= 11 is 5.25. The summed E-state index contributed by atoms with van der Waals surface area (Å²) in [5.74, 6) is -0.365. The molecule has 0 aromatic heterocycles. The smallest absolute Gasteiger partial charge is 0.257 e. The lowest BCUT2D eigenvalue weighted by Crippen LogP contribution is -2.34. The summed E-state index contributed by atoms with van der Waals surface area (Å²) in [5.41, 5.74) is 4.05. The molecule has 3 aromatic rings.